The molecule has 116 valence electrons. The van der Waals surface area contributed by atoms with Crippen LogP contribution in [0.5, 0.6) is 0 Å². The monoisotopic (exact) mass is 331 g/mol. The Morgan fingerprint density at radius 2 is 2.09 bits per heavy atom. The summed E-state index contributed by atoms with van der Waals surface area (Å²) in [6.07, 6.45) is 4.06. The number of fused-ring (bicyclic) bond motifs is 1. The summed E-state index contributed by atoms with van der Waals surface area (Å²) in [5, 5.41) is 1.23. The van der Waals surface area contributed by atoms with Crippen LogP contribution in [0.25, 0.3) is 10.1 Å². The highest BCUT2D eigenvalue weighted by Gasteiger charge is 2.07. The summed E-state index contributed by atoms with van der Waals surface area (Å²) in [5.74, 6) is 6.31. The number of hydrogen-bond acceptors (Lipinski definition) is 2. The lowest BCUT2D eigenvalue weighted by atomic mass is 9.98. The minimum absolute atomic E-state index is 0.0598. The van der Waals surface area contributed by atoms with Crippen molar-refractivity contribution in [3.63, 3.8) is 0 Å². The van der Waals surface area contributed by atoms with E-state index in [4.69, 9.17) is 11.6 Å². The number of likely N-dealkylation sites (N-methyl/N-ethyl adjacent to an activating group) is 1. The van der Waals surface area contributed by atoms with Crippen molar-refractivity contribution in [2.75, 3.05) is 13.6 Å². The topological polar surface area (TPSA) is 3.24 Å². The van der Waals surface area contributed by atoms with Crippen molar-refractivity contribution in [1.82, 2.24) is 4.90 Å². The first-order chi connectivity index (χ1) is 10.3. The standard InChI is InChI=1S/C19H22ClNS/c1-19(2,3)11-6-5-7-12-21(4)14-16-10-8-9-15-13-17(20)22-18(15)16/h5,7-10,13H,12,14H2,1-4H3/b7-5+. The molecule has 2 aromatic rings. The third-order valence-corrected chi connectivity index (χ3v) is 4.46. The predicted molar refractivity (Wildman–Crippen MR) is 99.5 cm³/mol. The number of nitrogens with zero attached hydrogens (tertiary/aromatic N) is 1. The van der Waals surface area contributed by atoms with E-state index in [9.17, 15) is 0 Å². The lowest BCUT2D eigenvalue weighted by Gasteiger charge is -2.14. The lowest BCUT2D eigenvalue weighted by molar-refractivity contribution is 0.365. The average Bonchev–Trinajstić information content (AvgIpc) is 2.78. The zero-order valence-electron chi connectivity index (χ0n) is 13.6. The second kappa shape index (κ2) is 7.33. The molecule has 2 rings (SSSR count). The first-order valence-electron chi connectivity index (χ1n) is 7.38. The number of benzene rings is 1. The van der Waals surface area contributed by atoms with Gasteiger partial charge < -0.3 is 0 Å². The largest absolute Gasteiger partial charge is 0.298 e. The van der Waals surface area contributed by atoms with Crippen LogP contribution < -0.4 is 0 Å². The Morgan fingerprint density at radius 1 is 1.32 bits per heavy atom. The molecule has 0 bridgehead atoms. The third kappa shape index (κ3) is 5.18. The zero-order chi connectivity index (χ0) is 16.2. The van der Waals surface area contributed by atoms with E-state index in [2.05, 4.69) is 68.8 Å². The zero-order valence-corrected chi connectivity index (χ0v) is 15.2. The molecule has 0 radical (unpaired) electrons. The fraction of sp³-hybridized carbons (Fsp3) is 0.368. The quantitative estimate of drug-likeness (QED) is 0.660. The summed E-state index contributed by atoms with van der Waals surface area (Å²) in [7, 11) is 2.12. The summed E-state index contributed by atoms with van der Waals surface area (Å²) in [6, 6.07) is 8.42. The van der Waals surface area contributed by atoms with E-state index in [1.807, 2.05) is 12.1 Å². The maximum atomic E-state index is 6.13. The lowest BCUT2D eigenvalue weighted by Crippen LogP contribution is -2.17. The van der Waals surface area contributed by atoms with Gasteiger partial charge in [-0.1, -0.05) is 47.7 Å². The van der Waals surface area contributed by atoms with Gasteiger partial charge in [0.2, 0.25) is 0 Å². The van der Waals surface area contributed by atoms with Gasteiger partial charge in [-0.05, 0) is 50.9 Å². The number of halogens is 1. The van der Waals surface area contributed by atoms with Crippen LogP contribution in [0, 0.1) is 17.3 Å². The number of allylic oxidation sites excluding steroid dienone is 1. The van der Waals surface area contributed by atoms with Crippen molar-refractivity contribution in [3.8, 4) is 11.8 Å². The average molecular weight is 332 g/mol. The highest BCUT2D eigenvalue weighted by Crippen LogP contribution is 2.32. The first-order valence-corrected chi connectivity index (χ1v) is 8.58. The second-order valence-corrected chi connectivity index (χ2v) is 8.19. The predicted octanol–water partition coefficient (Wildman–Crippen LogP) is 5.59. The molecule has 1 aromatic carbocycles. The van der Waals surface area contributed by atoms with Crippen LogP contribution in [-0.2, 0) is 6.54 Å². The van der Waals surface area contributed by atoms with E-state index in [0.717, 1.165) is 17.4 Å². The van der Waals surface area contributed by atoms with E-state index in [1.54, 1.807) is 11.3 Å². The number of thiophene rings is 1. The molecule has 0 saturated heterocycles. The Morgan fingerprint density at radius 3 is 2.82 bits per heavy atom. The van der Waals surface area contributed by atoms with Gasteiger partial charge in [-0.25, -0.2) is 0 Å². The maximum absolute atomic E-state index is 6.13. The molecule has 1 heterocycles. The molecule has 0 amide bonds. The van der Waals surface area contributed by atoms with Crippen LogP contribution in [0.2, 0.25) is 4.34 Å². The van der Waals surface area contributed by atoms with Crippen LogP contribution in [-0.4, -0.2) is 18.5 Å². The molecule has 0 atom stereocenters. The smallest absolute Gasteiger partial charge is 0.0940 e. The maximum Gasteiger partial charge on any atom is 0.0940 e. The Bertz CT molecular complexity index is 725. The van der Waals surface area contributed by atoms with Crippen LogP contribution in [0.15, 0.2) is 36.4 Å². The summed E-state index contributed by atoms with van der Waals surface area (Å²) >= 11 is 7.78. The minimum atomic E-state index is 0.0598. The van der Waals surface area contributed by atoms with E-state index in [-0.39, 0.29) is 5.41 Å². The van der Waals surface area contributed by atoms with Crippen LogP contribution in [0.3, 0.4) is 0 Å². The van der Waals surface area contributed by atoms with Gasteiger partial charge in [0.15, 0.2) is 0 Å². The molecule has 0 aliphatic carbocycles. The van der Waals surface area contributed by atoms with E-state index in [1.165, 1.54) is 15.6 Å². The summed E-state index contributed by atoms with van der Waals surface area (Å²) in [4.78, 5) is 2.28. The molecular weight excluding hydrogens is 310 g/mol. The van der Waals surface area contributed by atoms with Gasteiger partial charge >= 0.3 is 0 Å². The van der Waals surface area contributed by atoms with Gasteiger partial charge in [-0.3, -0.25) is 4.90 Å². The van der Waals surface area contributed by atoms with Gasteiger partial charge in [-0.2, -0.15) is 0 Å². The van der Waals surface area contributed by atoms with Crippen LogP contribution in [0.1, 0.15) is 26.3 Å². The molecule has 22 heavy (non-hydrogen) atoms. The Balaban J connectivity index is 1.97. The van der Waals surface area contributed by atoms with Gasteiger partial charge in [-0.15, -0.1) is 11.3 Å². The van der Waals surface area contributed by atoms with Crippen molar-refractivity contribution >= 4 is 33.0 Å². The molecule has 0 unspecified atom stereocenters. The molecular formula is C19H22ClNS. The molecule has 0 saturated carbocycles. The van der Waals surface area contributed by atoms with Crippen molar-refractivity contribution in [3.05, 3.63) is 46.3 Å². The van der Waals surface area contributed by atoms with Crippen LogP contribution in [0.4, 0.5) is 0 Å². The van der Waals surface area contributed by atoms with Gasteiger partial charge in [0.25, 0.3) is 0 Å². The SMILES string of the molecule is CN(C/C=C/C#CC(C)(C)C)Cc1cccc2cc(Cl)sc12. The molecule has 0 spiro atoms. The fourth-order valence-corrected chi connectivity index (χ4v) is 3.36. The molecule has 0 N–H and O–H groups in total. The fourth-order valence-electron chi connectivity index (χ4n) is 2.12. The molecule has 0 aliphatic heterocycles. The molecule has 0 fully saturated rings. The van der Waals surface area contributed by atoms with E-state index < -0.39 is 0 Å². The van der Waals surface area contributed by atoms with Crippen molar-refractivity contribution in [2.24, 2.45) is 5.41 Å². The number of rotatable bonds is 4. The Kier molecular flexibility index (Phi) is 5.69. The van der Waals surface area contributed by atoms with E-state index >= 15 is 0 Å². The van der Waals surface area contributed by atoms with Gasteiger partial charge in [0.05, 0.1) is 4.34 Å². The first kappa shape index (κ1) is 17.1. The Hall–Kier alpha value is -1.27. The van der Waals surface area contributed by atoms with Crippen molar-refractivity contribution < 1.29 is 0 Å². The number of hydrogen-bond donors (Lipinski definition) is 0. The van der Waals surface area contributed by atoms with Gasteiger partial charge in [0, 0.05) is 23.2 Å². The summed E-state index contributed by atoms with van der Waals surface area (Å²) < 4.78 is 2.14. The minimum Gasteiger partial charge on any atom is -0.298 e. The third-order valence-electron chi connectivity index (χ3n) is 3.10. The molecule has 3 heteroatoms. The van der Waals surface area contributed by atoms with E-state index in [0.29, 0.717) is 0 Å². The van der Waals surface area contributed by atoms with Crippen molar-refractivity contribution in [2.45, 2.75) is 27.3 Å². The highest BCUT2D eigenvalue weighted by molar-refractivity contribution is 7.22. The normalized spacial score (nSPS) is 12.1. The van der Waals surface area contributed by atoms with Crippen LogP contribution >= 0.6 is 22.9 Å². The summed E-state index contributed by atoms with van der Waals surface area (Å²) in [5.41, 5.74) is 1.38. The highest BCUT2D eigenvalue weighted by atomic mass is 35.5. The second-order valence-electron chi connectivity index (χ2n) is 6.50. The van der Waals surface area contributed by atoms with Gasteiger partial charge in [0.1, 0.15) is 0 Å². The molecule has 1 nitrogen and oxygen atoms in total. The molecule has 0 aliphatic rings. The van der Waals surface area contributed by atoms with Crippen molar-refractivity contribution in [1.29, 1.82) is 0 Å². The Labute approximate surface area is 142 Å². The summed E-state index contributed by atoms with van der Waals surface area (Å²) in [6.45, 7) is 8.14. The molecule has 1 aromatic heterocycles.